The van der Waals surface area contributed by atoms with E-state index in [0.29, 0.717) is 17.2 Å². The predicted octanol–water partition coefficient (Wildman–Crippen LogP) is 2.20. The second-order valence-corrected chi connectivity index (χ2v) is 6.58. The number of carbonyl (C=O) groups excluding carboxylic acids is 2. The summed E-state index contributed by atoms with van der Waals surface area (Å²) < 4.78 is 0. The number of hydrogen-bond donors (Lipinski definition) is 2. The molecular formula is C15H18N2O2S. The van der Waals surface area contributed by atoms with E-state index in [9.17, 15) is 9.59 Å². The van der Waals surface area contributed by atoms with Crippen LogP contribution in [-0.2, 0) is 11.2 Å². The predicted molar refractivity (Wildman–Crippen MR) is 81.2 cm³/mol. The van der Waals surface area contributed by atoms with Crippen molar-refractivity contribution >= 4 is 29.3 Å². The van der Waals surface area contributed by atoms with Crippen LogP contribution in [0.4, 0.5) is 5.69 Å². The molecule has 1 aromatic rings. The van der Waals surface area contributed by atoms with Gasteiger partial charge in [0.1, 0.15) is 0 Å². The highest BCUT2D eigenvalue weighted by Gasteiger charge is 2.26. The van der Waals surface area contributed by atoms with Gasteiger partial charge in [-0.1, -0.05) is 6.07 Å². The van der Waals surface area contributed by atoms with Crippen LogP contribution in [-0.4, -0.2) is 29.4 Å². The van der Waals surface area contributed by atoms with Crippen molar-refractivity contribution in [1.82, 2.24) is 5.32 Å². The number of anilines is 1. The number of hydrogen-bond acceptors (Lipinski definition) is 3. The average Bonchev–Trinajstić information content (AvgIpc) is 3.02. The van der Waals surface area contributed by atoms with Gasteiger partial charge in [-0.25, -0.2) is 0 Å². The van der Waals surface area contributed by atoms with Gasteiger partial charge in [-0.3, -0.25) is 9.59 Å². The molecule has 0 bridgehead atoms. The number of thioether (sulfide) groups is 1. The van der Waals surface area contributed by atoms with E-state index in [2.05, 4.69) is 16.9 Å². The smallest absolute Gasteiger partial charge is 0.251 e. The van der Waals surface area contributed by atoms with E-state index in [0.717, 1.165) is 24.1 Å². The minimum absolute atomic E-state index is 0.00355. The van der Waals surface area contributed by atoms with Crippen molar-refractivity contribution in [3.05, 3.63) is 29.3 Å². The van der Waals surface area contributed by atoms with Crippen molar-refractivity contribution in [1.29, 1.82) is 0 Å². The average molecular weight is 290 g/mol. The molecule has 1 aliphatic heterocycles. The van der Waals surface area contributed by atoms with Gasteiger partial charge in [-0.05, 0) is 43.2 Å². The lowest BCUT2D eigenvalue weighted by Crippen LogP contribution is -2.33. The molecule has 3 rings (SSSR count). The molecule has 5 heteroatoms. The van der Waals surface area contributed by atoms with Crippen LogP contribution in [0.2, 0.25) is 0 Å². The van der Waals surface area contributed by atoms with Crippen LogP contribution in [0.25, 0.3) is 0 Å². The zero-order chi connectivity index (χ0) is 14.1. The molecule has 2 unspecified atom stereocenters. The second kappa shape index (κ2) is 5.48. The van der Waals surface area contributed by atoms with Gasteiger partial charge >= 0.3 is 0 Å². The molecule has 2 aliphatic rings. The molecule has 1 fully saturated rings. The van der Waals surface area contributed by atoms with Crippen molar-refractivity contribution in [3.63, 3.8) is 0 Å². The molecule has 106 valence electrons. The van der Waals surface area contributed by atoms with Gasteiger partial charge < -0.3 is 10.6 Å². The number of rotatable bonds is 3. The highest BCUT2D eigenvalue weighted by atomic mass is 32.2. The number of carbonyl (C=O) groups is 2. The van der Waals surface area contributed by atoms with Gasteiger partial charge in [0.2, 0.25) is 5.91 Å². The van der Waals surface area contributed by atoms with E-state index in [1.54, 1.807) is 12.1 Å². The highest BCUT2D eigenvalue weighted by Crippen LogP contribution is 2.29. The minimum Gasteiger partial charge on any atom is -0.349 e. The van der Waals surface area contributed by atoms with Crippen LogP contribution in [0.5, 0.6) is 0 Å². The van der Waals surface area contributed by atoms with Crippen LogP contribution >= 0.6 is 11.8 Å². The number of nitrogens with one attached hydrogen (secondary N) is 2. The van der Waals surface area contributed by atoms with Crippen molar-refractivity contribution in [3.8, 4) is 0 Å². The van der Waals surface area contributed by atoms with Gasteiger partial charge in [-0.15, -0.1) is 0 Å². The third-order valence-electron chi connectivity index (χ3n) is 4.05. The molecule has 0 saturated heterocycles. The molecule has 2 amide bonds. The van der Waals surface area contributed by atoms with Gasteiger partial charge in [-0.2, -0.15) is 11.8 Å². The molecule has 20 heavy (non-hydrogen) atoms. The third-order valence-corrected chi connectivity index (χ3v) is 5.15. The van der Waals surface area contributed by atoms with Crippen molar-refractivity contribution in [2.45, 2.75) is 37.0 Å². The summed E-state index contributed by atoms with van der Waals surface area (Å²) in [5.74, 6) is -0.0446. The fourth-order valence-corrected chi connectivity index (χ4v) is 3.71. The van der Waals surface area contributed by atoms with Crippen LogP contribution in [0.1, 0.15) is 35.2 Å². The Hall–Kier alpha value is -1.49. The molecule has 0 spiro atoms. The Bertz CT molecular complexity index is 559. The van der Waals surface area contributed by atoms with Crippen molar-refractivity contribution < 1.29 is 9.59 Å². The summed E-state index contributed by atoms with van der Waals surface area (Å²) in [5.41, 5.74) is 2.37. The number of benzene rings is 1. The summed E-state index contributed by atoms with van der Waals surface area (Å²) in [4.78, 5) is 23.6. The van der Waals surface area contributed by atoms with Gasteiger partial charge in [0, 0.05) is 22.5 Å². The molecule has 2 N–H and O–H groups in total. The third kappa shape index (κ3) is 2.68. The summed E-state index contributed by atoms with van der Waals surface area (Å²) in [6.45, 7) is 0. The van der Waals surface area contributed by atoms with Gasteiger partial charge in [0.15, 0.2) is 0 Å². The van der Waals surface area contributed by atoms with Crippen molar-refractivity contribution in [2.75, 3.05) is 11.6 Å². The molecule has 0 aromatic heterocycles. The maximum Gasteiger partial charge on any atom is 0.251 e. The maximum atomic E-state index is 12.2. The Kier molecular flexibility index (Phi) is 3.70. The SMILES string of the molecule is CSC1CCC(NC(=O)c2ccc3c(c2)NC(=O)C3)C1. The van der Waals surface area contributed by atoms with E-state index in [4.69, 9.17) is 0 Å². The Morgan fingerprint density at radius 3 is 3.00 bits per heavy atom. The highest BCUT2D eigenvalue weighted by molar-refractivity contribution is 7.99. The standard InChI is InChI=1S/C15H18N2O2S/c1-20-12-5-4-11(8-12)16-15(19)10-3-2-9-7-14(18)17-13(9)6-10/h2-3,6,11-12H,4-5,7-8H2,1H3,(H,16,19)(H,17,18). The number of fused-ring (bicyclic) bond motifs is 1. The fraction of sp³-hybridized carbons (Fsp3) is 0.467. The van der Waals surface area contributed by atoms with Crippen LogP contribution in [0.3, 0.4) is 0 Å². The molecule has 2 atom stereocenters. The van der Waals surface area contributed by atoms with E-state index in [1.807, 2.05) is 17.8 Å². The second-order valence-electron chi connectivity index (χ2n) is 5.44. The first-order chi connectivity index (χ1) is 9.65. The summed E-state index contributed by atoms with van der Waals surface area (Å²) >= 11 is 1.88. The number of amides is 2. The van der Waals surface area contributed by atoms with E-state index < -0.39 is 0 Å². The Morgan fingerprint density at radius 2 is 2.25 bits per heavy atom. The van der Waals surface area contributed by atoms with Gasteiger partial charge in [0.05, 0.1) is 6.42 Å². The Balaban J connectivity index is 1.66. The van der Waals surface area contributed by atoms with Crippen molar-refractivity contribution in [2.24, 2.45) is 0 Å². The summed E-state index contributed by atoms with van der Waals surface area (Å²) in [6.07, 6.45) is 5.81. The molecule has 1 heterocycles. The summed E-state index contributed by atoms with van der Waals surface area (Å²) in [7, 11) is 0. The first kappa shape index (κ1) is 13.5. The molecule has 4 nitrogen and oxygen atoms in total. The normalized spacial score (nSPS) is 24.4. The largest absolute Gasteiger partial charge is 0.349 e. The van der Waals surface area contributed by atoms with E-state index >= 15 is 0 Å². The van der Waals surface area contributed by atoms with Gasteiger partial charge in [0.25, 0.3) is 5.91 Å². The Morgan fingerprint density at radius 1 is 1.40 bits per heavy atom. The molecule has 1 saturated carbocycles. The lowest BCUT2D eigenvalue weighted by molar-refractivity contribution is -0.115. The topological polar surface area (TPSA) is 58.2 Å². The van der Waals surface area contributed by atoms with Crippen LogP contribution in [0, 0.1) is 0 Å². The molecule has 0 radical (unpaired) electrons. The Labute approximate surface area is 122 Å². The fourth-order valence-electron chi connectivity index (χ4n) is 2.91. The summed E-state index contributed by atoms with van der Waals surface area (Å²) in [5, 5.41) is 6.54. The lowest BCUT2D eigenvalue weighted by atomic mass is 10.1. The van der Waals surface area contributed by atoms with Crippen LogP contribution < -0.4 is 10.6 Å². The van der Waals surface area contributed by atoms with E-state index in [1.165, 1.54) is 6.42 Å². The lowest BCUT2D eigenvalue weighted by Gasteiger charge is -2.13. The van der Waals surface area contributed by atoms with Crippen LogP contribution in [0.15, 0.2) is 18.2 Å². The summed E-state index contributed by atoms with van der Waals surface area (Å²) in [6, 6.07) is 5.72. The first-order valence-corrected chi connectivity index (χ1v) is 8.21. The quantitative estimate of drug-likeness (QED) is 0.897. The van der Waals surface area contributed by atoms with E-state index in [-0.39, 0.29) is 17.9 Å². The first-order valence-electron chi connectivity index (χ1n) is 6.92. The molecule has 1 aromatic carbocycles. The zero-order valence-electron chi connectivity index (χ0n) is 11.4. The molecular weight excluding hydrogens is 272 g/mol. The maximum absolute atomic E-state index is 12.2. The minimum atomic E-state index is -0.0410. The molecule has 1 aliphatic carbocycles. The zero-order valence-corrected chi connectivity index (χ0v) is 12.3. The monoisotopic (exact) mass is 290 g/mol.